The summed E-state index contributed by atoms with van der Waals surface area (Å²) in [6.45, 7) is 11.2. The molecule has 0 saturated carbocycles. The van der Waals surface area contributed by atoms with Gasteiger partial charge in [0, 0.05) is 73.1 Å². The molecule has 1 aromatic carbocycles. The van der Waals surface area contributed by atoms with Crippen LogP contribution in [0.25, 0.3) is 10.2 Å². The number of ether oxygens (including phenoxy) is 1. The first-order chi connectivity index (χ1) is 19.2. The molecule has 1 aromatic heterocycles. The van der Waals surface area contributed by atoms with Crippen molar-refractivity contribution in [2.24, 2.45) is 10.4 Å². The highest BCUT2D eigenvalue weighted by atomic mass is 32.2. The van der Waals surface area contributed by atoms with Gasteiger partial charge in [0.15, 0.2) is 11.6 Å². The van der Waals surface area contributed by atoms with E-state index in [1.54, 1.807) is 58.8 Å². The van der Waals surface area contributed by atoms with E-state index in [9.17, 15) is 19.2 Å². The van der Waals surface area contributed by atoms with Crippen LogP contribution in [0.15, 0.2) is 45.5 Å². The highest BCUT2D eigenvalue weighted by molar-refractivity contribution is 8.15. The first kappa shape index (κ1) is 30.6. The standard InChI is InChI=1S/C30H36N4O5S2/c1-16-15-40-27(31-16)28-32-21-10-9-20(13-22(21)41-28)39-29(38)34(8)12-11-33(7)23(35)14-30(5,6)24-19(4)25(36)17(2)18(3)26(24)37/h9-10,13,16H,11-12,14-15H2,1-8H3/t16-/m0/s1. The van der Waals surface area contributed by atoms with Crippen molar-refractivity contribution in [2.75, 3.05) is 32.9 Å². The fourth-order valence-electron chi connectivity index (χ4n) is 4.86. The van der Waals surface area contributed by atoms with Crippen molar-refractivity contribution in [1.29, 1.82) is 0 Å². The molecule has 1 aliphatic heterocycles. The van der Waals surface area contributed by atoms with Crippen LogP contribution in [0, 0.1) is 5.41 Å². The van der Waals surface area contributed by atoms with E-state index >= 15 is 0 Å². The molecular formula is C30H36N4O5S2. The molecule has 2 heterocycles. The molecule has 1 atom stereocenters. The third-order valence-corrected chi connectivity index (χ3v) is 9.89. The predicted octanol–water partition coefficient (Wildman–Crippen LogP) is 5.29. The number of nitrogens with zero attached hydrogens (tertiary/aromatic N) is 4. The second kappa shape index (κ2) is 11.9. The number of carbonyl (C=O) groups excluding carboxylic acids is 4. The summed E-state index contributed by atoms with van der Waals surface area (Å²) >= 11 is 3.22. The SMILES string of the molecule is CC1=C(C)C(=O)C(C(C)(C)CC(=O)N(C)CCN(C)C(=O)Oc2ccc3nc(C4=N[C@@H](C)CS4)sc3c2)=C(C)C1=O. The second-order valence-corrected chi connectivity index (χ2v) is 13.4. The maximum absolute atomic E-state index is 13.1. The van der Waals surface area contributed by atoms with Gasteiger partial charge in [0.1, 0.15) is 15.8 Å². The third kappa shape index (κ3) is 6.46. The van der Waals surface area contributed by atoms with Crippen molar-refractivity contribution < 1.29 is 23.9 Å². The number of amides is 2. The van der Waals surface area contributed by atoms with E-state index in [0.717, 1.165) is 26.0 Å². The Balaban J connectivity index is 1.33. The Bertz CT molecular complexity index is 1530. The second-order valence-electron chi connectivity index (χ2n) is 11.3. The van der Waals surface area contributed by atoms with Gasteiger partial charge in [-0.1, -0.05) is 13.8 Å². The van der Waals surface area contributed by atoms with Gasteiger partial charge in [-0.3, -0.25) is 19.4 Å². The predicted molar refractivity (Wildman–Crippen MR) is 164 cm³/mol. The molecule has 0 unspecified atom stereocenters. The Labute approximate surface area is 248 Å². The van der Waals surface area contributed by atoms with Gasteiger partial charge in [-0.05, 0) is 39.8 Å². The molecule has 0 spiro atoms. The summed E-state index contributed by atoms with van der Waals surface area (Å²) in [5, 5.41) is 1.82. The van der Waals surface area contributed by atoms with Crippen LogP contribution in [-0.4, -0.2) is 82.4 Å². The molecule has 0 saturated heterocycles. The van der Waals surface area contributed by atoms with Crippen LogP contribution in [0.5, 0.6) is 5.75 Å². The number of allylic oxidation sites excluding steroid dienone is 4. The number of hydrogen-bond acceptors (Lipinski definition) is 9. The van der Waals surface area contributed by atoms with Gasteiger partial charge in [0.05, 0.1) is 16.3 Å². The minimum absolute atomic E-state index is 0.0520. The van der Waals surface area contributed by atoms with Crippen molar-refractivity contribution in [1.82, 2.24) is 14.8 Å². The minimum atomic E-state index is -0.828. The molecule has 2 aromatic rings. The molecule has 0 fully saturated rings. The smallest absolute Gasteiger partial charge is 0.410 e. The lowest BCUT2D eigenvalue weighted by molar-refractivity contribution is -0.132. The Morgan fingerprint density at radius 3 is 2.34 bits per heavy atom. The van der Waals surface area contributed by atoms with Gasteiger partial charge in [-0.25, -0.2) is 9.78 Å². The Hall–Kier alpha value is -3.31. The van der Waals surface area contributed by atoms with E-state index in [4.69, 9.17) is 4.74 Å². The van der Waals surface area contributed by atoms with Crippen LogP contribution in [0.4, 0.5) is 4.79 Å². The maximum Gasteiger partial charge on any atom is 0.415 e. The molecule has 0 N–H and O–H groups in total. The zero-order valence-electron chi connectivity index (χ0n) is 24.8. The molecular weight excluding hydrogens is 560 g/mol. The lowest BCUT2D eigenvalue weighted by Gasteiger charge is -2.33. The van der Waals surface area contributed by atoms with Crippen molar-refractivity contribution >= 4 is 61.9 Å². The maximum atomic E-state index is 13.1. The highest BCUT2D eigenvalue weighted by Crippen LogP contribution is 2.39. The molecule has 2 aliphatic rings. The van der Waals surface area contributed by atoms with Crippen LogP contribution in [0.2, 0.25) is 0 Å². The number of hydrogen-bond donors (Lipinski definition) is 0. The Morgan fingerprint density at radius 2 is 1.68 bits per heavy atom. The number of carbonyl (C=O) groups is 4. The van der Waals surface area contributed by atoms with Gasteiger partial charge in [-0.2, -0.15) is 0 Å². The third-order valence-electron chi connectivity index (χ3n) is 7.51. The summed E-state index contributed by atoms with van der Waals surface area (Å²) in [5.74, 6) is 0.843. The first-order valence-corrected chi connectivity index (χ1v) is 15.3. The van der Waals surface area contributed by atoms with Crippen LogP contribution in [0.3, 0.4) is 0 Å². The lowest BCUT2D eigenvalue weighted by atomic mass is 9.71. The molecule has 2 amide bonds. The molecule has 4 rings (SSSR count). The number of fused-ring (bicyclic) bond motifs is 1. The number of Topliss-reactive ketones (excluding diaryl/α,β-unsaturated/α-hetero) is 2. The molecule has 1 aliphatic carbocycles. The van der Waals surface area contributed by atoms with E-state index in [1.165, 1.54) is 21.1 Å². The summed E-state index contributed by atoms with van der Waals surface area (Å²) in [6, 6.07) is 5.63. The van der Waals surface area contributed by atoms with Crippen molar-refractivity contribution in [3.05, 3.63) is 45.5 Å². The molecule has 0 bridgehead atoms. The van der Waals surface area contributed by atoms with Crippen molar-refractivity contribution in [3.8, 4) is 5.75 Å². The topological polar surface area (TPSA) is 109 Å². The number of aliphatic imine (C=N–C) groups is 1. The highest BCUT2D eigenvalue weighted by Gasteiger charge is 2.38. The fraction of sp³-hybridized carbons (Fsp3) is 0.467. The zero-order valence-corrected chi connectivity index (χ0v) is 26.4. The van der Waals surface area contributed by atoms with E-state index in [0.29, 0.717) is 28.0 Å². The normalized spacial score (nSPS) is 17.9. The lowest BCUT2D eigenvalue weighted by Crippen LogP contribution is -2.40. The quantitative estimate of drug-likeness (QED) is 0.381. The van der Waals surface area contributed by atoms with Gasteiger partial charge >= 0.3 is 6.09 Å². The molecule has 0 radical (unpaired) electrons. The average Bonchev–Trinajstić information content (AvgIpc) is 3.54. The number of rotatable bonds is 8. The molecule has 11 heteroatoms. The fourth-order valence-corrected chi connectivity index (χ4v) is 6.94. The van der Waals surface area contributed by atoms with E-state index < -0.39 is 11.5 Å². The number of thiazole rings is 1. The number of thioether (sulfide) groups is 1. The summed E-state index contributed by atoms with van der Waals surface area (Å²) in [4.78, 5) is 63.7. The van der Waals surface area contributed by atoms with Gasteiger partial charge in [-0.15, -0.1) is 23.1 Å². The van der Waals surface area contributed by atoms with Gasteiger partial charge in [0.2, 0.25) is 5.91 Å². The van der Waals surface area contributed by atoms with Crippen molar-refractivity contribution in [2.45, 2.75) is 54.0 Å². The summed E-state index contributed by atoms with van der Waals surface area (Å²) in [7, 11) is 3.27. The van der Waals surface area contributed by atoms with E-state index in [2.05, 4.69) is 16.9 Å². The Kier molecular flexibility index (Phi) is 8.89. The molecule has 218 valence electrons. The van der Waals surface area contributed by atoms with Crippen LogP contribution in [-0.2, 0) is 14.4 Å². The first-order valence-electron chi connectivity index (χ1n) is 13.5. The number of benzene rings is 1. The minimum Gasteiger partial charge on any atom is -0.410 e. The molecule has 41 heavy (non-hydrogen) atoms. The van der Waals surface area contributed by atoms with Crippen molar-refractivity contribution in [3.63, 3.8) is 0 Å². The van der Waals surface area contributed by atoms with E-state index in [-0.39, 0.29) is 43.0 Å². The van der Waals surface area contributed by atoms with Crippen LogP contribution < -0.4 is 4.74 Å². The summed E-state index contributed by atoms with van der Waals surface area (Å²) in [5.41, 5.74) is 1.67. The number of aromatic nitrogens is 1. The number of ketones is 2. The Morgan fingerprint density at radius 1 is 1.02 bits per heavy atom. The largest absolute Gasteiger partial charge is 0.415 e. The summed E-state index contributed by atoms with van der Waals surface area (Å²) in [6.07, 6.45) is -0.486. The molecule has 9 nitrogen and oxygen atoms in total. The summed E-state index contributed by atoms with van der Waals surface area (Å²) < 4.78 is 6.50. The van der Waals surface area contributed by atoms with Crippen LogP contribution >= 0.6 is 23.1 Å². The number of likely N-dealkylation sites (N-methyl/N-ethyl adjacent to an activating group) is 2. The zero-order chi connectivity index (χ0) is 30.2. The monoisotopic (exact) mass is 596 g/mol. The van der Waals surface area contributed by atoms with E-state index in [1.807, 2.05) is 19.9 Å². The van der Waals surface area contributed by atoms with Crippen LogP contribution in [0.1, 0.15) is 53.0 Å². The van der Waals surface area contributed by atoms with Gasteiger partial charge in [0.25, 0.3) is 0 Å². The van der Waals surface area contributed by atoms with Gasteiger partial charge < -0.3 is 14.5 Å². The average molecular weight is 597 g/mol.